The Hall–Kier alpha value is -1.06. The Balaban J connectivity index is 2.66. The normalized spacial score (nSPS) is 11.1. The van der Waals surface area contributed by atoms with Gasteiger partial charge in [-0.05, 0) is 24.7 Å². The van der Waals surface area contributed by atoms with E-state index in [1.54, 1.807) is 0 Å². The van der Waals surface area contributed by atoms with Crippen LogP contribution in [0.15, 0.2) is 18.2 Å². The molecule has 0 unspecified atom stereocenters. The minimum Gasteiger partial charge on any atom is -0.330 e. The molecule has 0 spiro atoms. The highest BCUT2D eigenvalue weighted by atomic mass is 35.5. The molecule has 2 aromatic rings. The molecule has 4 heteroatoms. The summed E-state index contributed by atoms with van der Waals surface area (Å²) in [5.74, 6) is 0. The van der Waals surface area contributed by atoms with Crippen LogP contribution in [0, 0.1) is 0 Å². The van der Waals surface area contributed by atoms with Gasteiger partial charge in [-0.15, -0.1) is 0 Å². The zero-order valence-electron chi connectivity index (χ0n) is 8.00. The third-order valence-electron chi connectivity index (χ3n) is 2.30. The lowest BCUT2D eigenvalue weighted by atomic mass is 10.1. The highest BCUT2D eigenvalue weighted by Crippen LogP contribution is 2.22. The maximum absolute atomic E-state index is 5.93. The van der Waals surface area contributed by atoms with E-state index in [0.717, 1.165) is 28.0 Å². The van der Waals surface area contributed by atoms with Gasteiger partial charge in [-0.1, -0.05) is 11.6 Å². The van der Waals surface area contributed by atoms with E-state index in [9.17, 15) is 0 Å². The number of aromatic nitrogens is 2. The van der Waals surface area contributed by atoms with Crippen LogP contribution in [0.25, 0.3) is 10.9 Å². The number of aryl methyl sites for hydroxylation is 1. The Kier molecular flexibility index (Phi) is 2.44. The number of nitrogens with zero attached hydrogens (tertiary/aromatic N) is 2. The Morgan fingerprint density at radius 3 is 3.00 bits per heavy atom. The molecule has 0 aliphatic carbocycles. The first-order valence-electron chi connectivity index (χ1n) is 4.53. The van der Waals surface area contributed by atoms with Crippen LogP contribution >= 0.6 is 11.6 Å². The number of benzene rings is 1. The van der Waals surface area contributed by atoms with Crippen LogP contribution in [0.2, 0.25) is 5.02 Å². The Morgan fingerprint density at radius 2 is 2.29 bits per heavy atom. The maximum Gasteiger partial charge on any atom is 0.0927 e. The number of halogens is 1. The van der Waals surface area contributed by atoms with Crippen molar-refractivity contribution in [2.45, 2.75) is 6.42 Å². The summed E-state index contributed by atoms with van der Waals surface area (Å²) in [6.45, 7) is 0.626. The van der Waals surface area contributed by atoms with E-state index in [1.807, 2.05) is 29.9 Å². The van der Waals surface area contributed by atoms with Gasteiger partial charge in [0.15, 0.2) is 0 Å². The van der Waals surface area contributed by atoms with E-state index >= 15 is 0 Å². The summed E-state index contributed by atoms with van der Waals surface area (Å²) in [6.07, 6.45) is 0.827. The first-order valence-corrected chi connectivity index (χ1v) is 4.91. The average Bonchev–Trinajstić information content (AvgIpc) is 2.45. The van der Waals surface area contributed by atoms with Crippen molar-refractivity contribution in [3.05, 3.63) is 28.9 Å². The molecule has 2 rings (SSSR count). The van der Waals surface area contributed by atoms with E-state index < -0.39 is 0 Å². The maximum atomic E-state index is 5.93. The number of rotatable bonds is 2. The van der Waals surface area contributed by atoms with Crippen LogP contribution in [-0.4, -0.2) is 16.3 Å². The van der Waals surface area contributed by atoms with Crippen LogP contribution in [0.1, 0.15) is 5.69 Å². The molecule has 0 radical (unpaired) electrons. The highest BCUT2D eigenvalue weighted by Gasteiger charge is 2.07. The Labute approximate surface area is 87.5 Å². The molecule has 14 heavy (non-hydrogen) atoms. The van der Waals surface area contributed by atoms with Crippen molar-refractivity contribution in [3.8, 4) is 0 Å². The molecular weight excluding hydrogens is 198 g/mol. The van der Waals surface area contributed by atoms with Gasteiger partial charge < -0.3 is 5.73 Å². The van der Waals surface area contributed by atoms with Crippen molar-refractivity contribution >= 4 is 22.5 Å². The lowest BCUT2D eigenvalue weighted by Crippen LogP contribution is -2.07. The molecular formula is C10H12ClN3. The molecule has 1 aromatic carbocycles. The standard InChI is InChI=1S/C10H12ClN3/c1-14-10(4-5-12)8-6-7(11)2-3-9(8)13-14/h2-3,6H,4-5,12H2,1H3. The largest absolute Gasteiger partial charge is 0.330 e. The molecule has 0 aliphatic rings. The van der Waals surface area contributed by atoms with Gasteiger partial charge in [-0.3, -0.25) is 4.68 Å². The van der Waals surface area contributed by atoms with Gasteiger partial charge in [0.25, 0.3) is 0 Å². The van der Waals surface area contributed by atoms with Gasteiger partial charge in [0, 0.05) is 29.6 Å². The van der Waals surface area contributed by atoms with Crippen LogP contribution in [0.5, 0.6) is 0 Å². The van der Waals surface area contributed by atoms with Gasteiger partial charge in [0.2, 0.25) is 0 Å². The van der Waals surface area contributed by atoms with E-state index in [2.05, 4.69) is 5.10 Å². The summed E-state index contributed by atoms with van der Waals surface area (Å²) in [6, 6.07) is 5.72. The van der Waals surface area contributed by atoms with Gasteiger partial charge in [-0.2, -0.15) is 5.10 Å². The fourth-order valence-corrected chi connectivity index (χ4v) is 1.83. The first kappa shape index (κ1) is 9.49. The summed E-state index contributed by atoms with van der Waals surface area (Å²) in [5, 5.41) is 6.22. The third kappa shape index (κ3) is 1.49. The smallest absolute Gasteiger partial charge is 0.0927 e. The molecule has 0 aliphatic heterocycles. The molecule has 1 heterocycles. The van der Waals surface area contributed by atoms with Gasteiger partial charge >= 0.3 is 0 Å². The monoisotopic (exact) mass is 209 g/mol. The summed E-state index contributed by atoms with van der Waals surface area (Å²) in [4.78, 5) is 0. The molecule has 1 aromatic heterocycles. The number of hydrogen-bond donors (Lipinski definition) is 1. The Bertz CT molecular complexity index is 462. The minimum absolute atomic E-state index is 0.626. The van der Waals surface area contributed by atoms with E-state index in [0.29, 0.717) is 6.54 Å². The molecule has 0 fully saturated rings. The molecule has 3 nitrogen and oxygen atoms in total. The van der Waals surface area contributed by atoms with Gasteiger partial charge in [-0.25, -0.2) is 0 Å². The molecule has 0 saturated heterocycles. The summed E-state index contributed by atoms with van der Waals surface area (Å²) in [5.41, 5.74) is 7.66. The lowest BCUT2D eigenvalue weighted by molar-refractivity contribution is 0.716. The molecule has 2 N–H and O–H groups in total. The van der Waals surface area contributed by atoms with E-state index in [-0.39, 0.29) is 0 Å². The second-order valence-electron chi connectivity index (χ2n) is 3.27. The zero-order valence-corrected chi connectivity index (χ0v) is 8.75. The number of hydrogen-bond acceptors (Lipinski definition) is 2. The fourth-order valence-electron chi connectivity index (χ4n) is 1.66. The van der Waals surface area contributed by atoms with Crippen molar-refractivity contribution in [3.63, 3.8) is 0 Å². The number of fused-ring (bicyclic) bond motifs is 1. The quantitative estimate of drug-likeness (QED) is 0.819. The van der Waals surface area contributed by atoms with Crippen LogP contribution in [0.4, 0.5) is 0 Å². The molecule has 0 amide bonds. The van der Waals surface area contributed by atoms with Gasteiger partial charge in [0.1, 0.15) is 0 Å². The summed E-state index contributed by atoms with van der Waals surface area (Å²) in [7, 11) is 1.93. The second kappa shape index (κ2) is 3.59. The minimum atomic E-state index is 0.626. The van der Waals surface area contributed by atoms with E-state index in [1.165, 1.54) is 0 Å². The summed E-state index contributed by atoms with van der Waals surface area (Å²) >= 11 is 5.93. The average molecular weight is 210 g/mol. The number of nitrogens with two attached hydrogens (primary N) is 1. The van der Waals surface area contributed by atoms with Crippen molar-refractivity contribution < 1.29 is 0 Å². The SMILES string of the molecule is Cn1nc2ccc(Cl)cc2c1CCN. The third-order valence-corrected chi connectivity index (χ3v) is 2.53. The van der Waals surface area contributed by atoms with Crippen molar-refractivity contribution in [2.75, 3.05) is 6.54 Å². The predicted octanol–water partition coefficient (Wildman–Crippen LogP) is 1.73. The topological polar surface area (TPSA) is 43.8 Å². The van der Waals surface area contributed by atoms with Gasteiger partial charge in [0.05, 0.1) is 5.52 Å². The highest BCUT2D eigenvalue weighted by molar-refractivity contribution is 6.31. The Morgan fingerprint density at radius 1 is 1.50 bits per heavy atom. The van der Waals surface area contributed by atoms with Crippen LogP contribution in [0.3, 0.4) is 0 Å². The summed E-state index contributed by atoms with van der Waals surface area (Å²) < 4.78 is 1.87. The first-order chi connectivity index (χ1) is 6.72. The predicted molar refractivity (Wildman–Crippen MR) is 58.5 cm³/mol. The van der Waals surface area contributed by atoms with Crippen molar-refractivity contribution in [1.82, 2.24) is 9.78 Å². The van der Waals surface area contributed by atoms with Crippen molar-refractivity contribution in [1.29, 1.82) is 0 Å². The molecule has 74 valence electrons. The lowest BCUT2D eigenvalue weighted by Gasteiger charge is -1.99. The van der Waals surface area contributed by atoms with Crippen LogP contribution < -0.4 is 5.73 Å². The zero-order chi connectivity index (χ0) is 10.1. The molecule has 0 atom stereocenters. The second-order valence-corrected chi connectivity index (χ2v) is 3.71. The molecule has 0 saturated carbocycles. The van der Waals surface area contributed by atoms with Crippen molar-refractivity contribution in [2.24, 2.45) is 12.8 Å². The van der Waals surface area contributed by atoms with Crippen LogP contribution in [-0.2, 0) is 13.5 Å². The molecule has 0 bridgehead atoms. The van der Waals surface area contributed by atoms with E-state index in [4.69, 9.17) is 17.3 Å². The fraction of sp³-hybridized carbons (Fsp3) is 0.300.